The molecule has 0 unspecified atom stereocenters. The standard InChI is InChI=1S/C17H21F2N3O3/c1-10(23)21-8-13-9-25-17(24)22(13)12-6-14(18)16(15(19)7-12)11-2-4-20-5-3-11/h6-7,11,13,20H,2-5,8-9H2,1H3,(H,21,23)/t13-/m0/s1. The molecule has 2 fully saturated rings. The van der Waals surface area contributed by atoms with Crippen LogP contribution in [0.3, 0.4) is 0 Å². The topological polar surface area (TPSA) is 70.7 Å². The van der Waals surface area contributed by atoms with Gasteiger partial charge in [0, 0.05) is 19.0 Å². The summed E-state index contributed by atoms with van der Waals surface area (Å²) in [6, 6.07) is 1.85. The van der Waals surface area contributed by atoms with Gasteiger partial charge in [0.15, 0.2) is 0 Å². The predicted octanol–water partition coefficient (Wildman–Crippen LogP) is 1.89. The van der Waals surface area contributed by atoms with E-state index >= 15 is 0 Å². The Morgan fingerprint density at radius 1 is 1.32 bits per heavy atom. The van der Waals surface area contributed by atoms with Gasteiger partial charge in [-0.05, 0) is 44.0 Å². The van der Waals surface area contributed by atoms with Gasteiger partial charge in [0.05, 0.1) is 11.7 Å². The molecule has 136 valence electrons. The van der Waals surface area contributed by atoms with E-state index in [0.717, 1.165) is 13.1 Å². The highest BCUT2D eigenvalue weighted by molar-refractivity contribution is 5.90. The Morgan fingerprint density at radius 2 is 1.96 bits per heavy atom. The molecule has 0 aromatic heterocycles. The number of amides is 2. The fourth-order valence-electron chi connectivity index (χ4n) is 3.40. The third-order valence-corrected chi connectivity index (χ3v) is 4.64. The van der Waals surface area contributed by atoms with E-state index in [9.17, 15) is 18.4 Å². The number of carbonyl (C=O) groups is 2. The molecule has 0 bridgehead atoms. The summed E-state index contributed by atoms with van der Waals surface area (Å²) < 4.78 is 34.2. The van der Waals surface area contributed by atoms with Crippen LogP contribution in [0, 0.1) is 11.6 Å². The molecule has 1 atom stereocenters. The number of benzene rings is 1. The van der Waals surface area contributed by atoms with Crippen molar-refractivity contribution in [1.29, 1.82) is 0 Å². The molecule has 1 aromatic carbocycles. The molecule has 0 saturated carbocycles. The number of hydrogen-bond acceptors (Lipinski definition) is 4. The first-order valence-corrected chi connectivity index (χ1v) is 8.37. The Hall–Kier alpha value is -2.22. The highest BCUT2D eigenvalue weighted by Crippen LogP contribution is 2.34. The van der Waals surface area contributed by atoms with Crippen molar-refractivity contribution < 1.29 is 23.1 Å². The third kappa shape index (κ3) is 3.73. The van der Waals surface area contributed by atoms with Crippen LogP contribution in [0.25, 0.3) is 0 Å². The van der Waals surface area contributed by atoms with E-state index in [1.807, 2.05) is 0 Å². The molecule has 0 radical (unpaired) electrons. The first-order valence-electron chi connectivity index (χ1n) is 8.37. The van der Waals surface area contributed by atoms with Crippen LogP contribution in [-0.4, -0.2) is 44.3 Å². The fraction of sp³-hybridized carbons (Fsp3) is 0.529. The van der Waals surface area contributed by atoms with Crippen molar-refractivity contribution in [1.82, 2.24) is 10.6 Å². The average molecular weight is 353 g/mol. The lowest BCUT2D eigenvalue weighted by Gasteiger charge is -2.26. The second-order valence-corrected chi connectivity index (χ2v) is 6.39. The van der Waals surface area contributed by atoms with Gasteiger partial charge < -0.3 is 15.4 Å². The Balaban J connectivity index is 1.86. The van der Waals surface area contributed by atoms with Gasteiger partial charge >= 0.3 is 6.09 Å². The fourth-order valence-corrected chi connectivity index (χ4v) is 3.40. The molecule has 6 nitrogen and oxygen atoms in total. The smallest absolute Gasteiger partial charge is 0.414 e. The normalized spacial score (nSPS) is 21.3. The Morgan fingerprint density at radius 3 is 2.56 bits per heavy atom. The van der Waals surface area contributed by atoms with Gasteiger partial charge in [-0.25, -0.2) is 13.6 Å². The maximum atomic E-state index is 14.6. The van der Waals surface area contributed by atoms with Gasteiger partial charge in [0.25, 0.3) is 0 Å². The summed E-state index contributed by atoms with van der Waals surface area (Å²) in [5.41, 5.74) is 0.182. The summed E-state index contributed by atoms with van der Waals surface area (Å²) in [4.78, 5) is 24.2. The van der Waals surface area contributed by atoms with Crippen LogP contribution in [0.1, 0.15) is 31.2 Å². The number of hydrogen-bond donors (Lipinski definition) is 2. The Labute approximate surface area is 144 Å². The lowest BCUT2D eigenvalue weighted by molar-refractivity contribution is -0.119. The molecule has 25 heavy (non-hydrogen) atoms. The number of rotatable bonds is 4. The first kappa shape index (κ1) is 17.6. The number of piperidine rings is 1. The van der Waals surface area contributed by atoms with E-state index in [-0.39, 0.29) is 36.2 Å². The molecule has 2 N–H and O–H groups in total. The summed E-state index contributed by atoms with van der Waals surface area (Å²) in [5.74, 6) is -1.73. The summed E-state index contributed by atoms with van der Waals surface area (Å²) >= 11 is 0. The zero-order valence-corrected chi connectivity index (χ0v) is 14.0. The van der Waals surface area contributed by atoms with E-state index < -0.39 is 23.8 Å². The second-order valence-electron chi connectivity index (χ2n) is 6.39. The molecule has 0 aliphatic carbocycles. The minimum absolute atomic E-state index is 0.0540. The van der Waals surface area contributed by atoms with Gasteiger partial charge in [-0.15, -0.1) is 0 Å². The van der Waals surface area contributed by atoms with Gasteiger partial charge in [-0.2, -0.15) is 0 Å². The molecule has 1 aromatic rings. The first-order chi connectivity index (χ1) is 12.0. The maximum absolute atomic E-state index is 14.6. The van der Waals surface area contributed by atoms with Crippen LogP contribution in [0.2, 0.25) is 0 Å². The molecule has 0 spiro atoms. The number of anilines is 1. The zero-order chi connectivity index (χ0) is 18.0. The highest BCUT2D eigenvalue weighted by Gasteiger charge is 2.35. The molecule has 8 heteroatoms. The SMILES string of the molecule is CC(=O)NC[C@H]1COC(=O)N1c1cc(F)c(C2CCNCC2)c(F)c1. The van der Waals surface area contributed by atoms with Crippen molar-refractivity contribution in [2.45, 2.75) is 31.7 Å². The van der Waals surface area contributed by atoms with Crippen molar-refractivity contribution in [3.63, 3.8) is 0 Å². The second kappa shape index (κ2) is 7.35. The van der Waals surface area contributed by atoms with E-state index in [2.05, 4.69) is 10.6 Å². The van der Waals surface area contributed by atoms with Gasteiger partial charge in [-0.3, -0.25) is 9.69 Å². The molecular weight excluding hydrogens is 332 g/mol. The van der Waals surface area contributed by atoms with E-state index in [0.29, 0.717) is 12.8 Å². The summed E-state index contributed by atoms with van der Waals surface area (Å²) in [5, 5.41) is 5.76. The third-order valence-electron chi connectivity index (χ3n) is 4.64. The van der Waals surface area contributed by atoms with Crippen LogP contribution >= 0.6 is 0 Å². The van der Waals surface area contributed by atoms with Gasteiger partial charge in [0.1, 0.15) is 18.2 Å². The van der Waals surface area contributed by atoms with Crippen molar-refractivity contribution >= 4 is 17.7 Å². The monoisotopic (exact) mass is 353 g/mol. The minimum Gasteiger partial charge on any atom is -0.447 e. The molecule has 3 rings (SSSR count). The minimum atomic E-state index is -0.677. The van der Waals surface area contributed by atoms with E-state index in [1.165, 1.54) is 24.0 Å². The molecule has 2 saturated heterocycles. The average Bonchev–Trinajstić information content (AvgIpc) is 2.94. The van der Waals surface area contributed by atoms with Crippen LogP contribution < -0.4 is 15.5 Å². The van der Waals surface area contributed by atoms with Crippen LogP contribution in [0.15, 0.2) is 12.1 Å². The van der Waals surface area contributed by atoms with Crippen molar-refractivity contribution in [3.05, 3.63) is 29.3 Å². The van der Waals surface area contributed by atoms with Crippen LogP contribution in [0.4, 0.5) is 19.3 Å². The maximum Gasteiger partial charge on any atom is 0.414 e. The molecule has 2 aliphatic heterocycles. The predicted molar refractivity (Wildman–Crippen MR) is 87.5 cm³/mol. The number of ether oxygens (including phenoxy) is 1. The van der Waals surface area contributed by atoms with Crippen LogP contribution in [-0.2, 0) is 9.53 Å². The molecular formula is C17H21F2N3O3. The van der Waals surface area contributed by atoms with Crippen molar-refractivity contribution in [2.24, 2.45) is 0 Å². The summed E-state index contributed by atoms with van der Waals surface area (Å²) in [6.45, 7) is 3.01. The van der Waals surface area contributed by atoms with E-state index in [4.69, 9.17) is 4.74 Å². The largest absolute Gasteiger partial charge is 0.447 e. The van der Waals surface area contributed by atoms with Gasteiger partial charge in [-0.1, -0.05) is 0 Å². The Kier molecular flexibility index (Phi) is 5.17. The quantitative estimate of drug-likeness (QED) is 0.867. The number of cyclic esters (lactones) is 1. The Bertz CT molecular complexity index is 654. The summed E-state index contributed by atoms with van der Waals surface area (Å²) in [6.07, 6.45) is 0.664. The number of nitrogens with one attached hydrogen (secondary N) is 2. The summed E-state index contributed by atoms with van der Waals surface area (Å²) in [7, 11) is 0. The van der Waals surface area contributed by atoms with E-state index in [1.54, 1.807) is 0 Å². The zero-order valence-electron chi connectivity index (χ0n) is 14.0. The van der Waals surface area contributed by atoms with Gasteiger partial charge in [0.2, 0.25) is 5.91 Å². The highest BCUT2D eigenvalue weighted by atomic mass is 19.1. The molecule has 2 amide bonds. The number of halogens is 2. The molecule has 2 heterocycles. The lowest BCUT2D eigenvalue weighted by atomic mass is 9.89. The molecule has 2 aliphatic rings. The number of carbonyl (C=O) groups excluding carboxylic acids is 2. The van der Waals surface area contributed by atoms with Crippen LogP contribution in [0.5, 0.6) is 0 Å². The van der Waals surface area contributed by atoms with Crippen molar-refractivity contribution in [3.8, 4) is 0 Å². The lowest BCUT2D eigenvalue weighted by Crippen LogP contribution is -2.42. The number of nitrogens with zero attached hydrogens (tertiary/aromatic N) is 1. The van der Waals surface area contributed by atoms with Crippen molar-refractivity contribution in [2.75, 3.05) is 31.1 Å².